The number of aliphatic carboxylic acids is 1. The molecule has 0 radical (unpaired) electrons. The molecular formula is C17H27N3O5. The molecule has 3 aliphatic rings. The van der Waals surface area contributed by atoms with Crippen molar-refractivity contribution in [2.75, 3.05) is 45.9 Å². The molecule has 3 aliphatic heterocycles. The zero-order valence-electron chi connectivity index (χ0n) is 14.6. The molecule has 140 valence electrons. The van der Waals surface area contributed by atoms with Crippen molar-refractivity contribution in [3.63, 3.8) is 0 Å². The molecule has 3 amide bonds. The van der Waals surface area contributed by atoms with Crippen LogP contribution in [0.25, 0.3) is 0 Å². The average Bonchev–Trinajstić information content (AvgIpc) is 3.15. The van der Waals surface area contributed by atoms with Crippen LogP contribution in [0.2, 0.25) is 0 Å². The zero-order chi connectivity index (χ0) is 17.8. The Kier molecular flexibility index (Phi) is 5.78. The number of carbonyl (C=O) groups excluding carboxylic acids is 2. The summed E-state index contributed by atoms with van der Waals surface area (Å²) in [6.45, 7) is 4.05. The van der Waals surface area contributed by atoms with Crippen LogP contribution in [-0.2, 0) is 14.3 Å². The number of rotatable bonds is 3. The minimum Gasteiger partial charge on any atom is -0.481 e. The van der Waals surface area contributed by atoms with Crippen molar-refractivity contribution in [2.45, 2.75) is 38.1 Å². The molecule has 3 saturated heterocycles. The predicted molar refractivity (Wildman–Crippen MR) is 89.1 cm³/mol. The number of ether oxygens (including phenoxy) is 1. The Morgan fingerprint density at radius 2 is 1.60 bits per heavy atom. The number of morpholine rings is 1. The highest BCUT2D eigenvalue weighted by Crippen LogP contribution is 2.24. The summed E-state index contributed by atoms with van der Waals surface area (Å²) in [4.78, 5) is 41.7. The molecule has 0 saturated carbocycles. The van der Waals surface area contributed by atoms with Crippen molar-refractivity contribution in [1.82, 2.24) is 14.7 Å². The molecule has 1 unspecified atom stereocenters. The van der Waals surface area contributed by atoms with Gasteiger partial charge in [-0.2, -0.15) is 0 Å². The van der Waals surface area contributed by atoms with Gasteiger partial charge in [0.05, 0.1) is 25.7 Å². The molecule has 3 heterocycles. The summed E-state index contributed by atoms with van der Waals surface area (Å²) in [5.74, 6) is -1.03. The van der Waals surface area contributed by atoms with E-state index in [9.17, 15) is 14.4 Å². The van der Waals surface area contributed by atoms with Gasteiger partial charge in [-0.15, -0.1) is 0 Å². The number of hydrogen-bond donors (Lipinski definition) is 1. The van der Waals surface area contributed by atoms with E-state index in [1.807, 2.05) is 9.80 Å². The number of urea groups is 1. The van der Waals surface area contributed by atoms with Crippen LogP contribution < -0.4 is 0 Å². The van der Waals surface area contributed by atoms with Crippen LogP contribution >= 0.6 is 0 Å². The van der Waals surface area contributed by atoms with Crippen LogP contribution in [0.15, 0.2) is 0 Å². The van der Waals surface area contributed by atoms with Gasteiger partial charge in [-0.3, -0.25) is 9.59 Å². The number of piperidine rings is 1. The fraction of sp³-hybridized carbons (Fsp3) is 0.824. The molecule has 8 heteroatoms. The van der Waals surface area contributed by atoms with Gasteiger partial charge in [-0.1, -0.05) is 0 Å². The van der Waals surface area contributed by atoms with Gasteiger partial charge in [-0.25, -0.2) is 4.79 Å². The van der Waals surface area contributed by atoms with E-state index >= 15 is 0 Å². The summed E-state index contributed by atoms with van der Waals surface area (Å²) in [5, 5.41) is 9.03. The van der Waals surface area contributed by atoms with Crippen molar-refractivity contribution >= 4 is 17.9 Å². The van der Waals surface area contributed by atoms with Crippen LogP contribution in [0, 0.1) is 5.92 Å². The van der Waals surface area contributed by atoms with Crippen molar-refractivity contribution < 1.29 is 24.2 Å². The second-order valence-electron chi connectivity index (χ2n) is 7.10. The largest absolute Gasteiger partial charge is 0.481 e. The second-order valence-corrected chi connectivity index (χ2v) is 7.10. The summed E-state index contributed by atoms with van der Waals surface area (Å²) in [6.07, 6.45) is 3.36. The zero-order valence-corrected chi connectivity index (χ0v) is 14.6. The average molecular weight is 353 g/mol. The van der Waals surface area contributed by atoms with Gasteiger partial charge in [0, 0.05) is 38.6 Å². The van der Waals surface area contributed by atoms with E-state index in [0.717, 1.165) is 25.9 Å². The summed E-state index contributed by atoms with van der Waals surface area (Å²) in [7, 11) is 0. The first-order valence-electron chi connectivity index (χ1n) is 9.20. The summed E-state index contributed by atoms with van der Waals surface area (Å²) < 4.78 is 5.34. The van der Waals surface area contributed by atoms with Crippen LogP contribution in [-0.4, -0.2) is 89.7 Å². The highest BCUT2D eigenvalue weighted by Gasteiger charge is 2.36. The third kappa shape index (κ3) is 4.23. The lowest BCUT2D eigenvalue weighted by molar-refractivity contribution is -0.150. The van der Waals surface area contributed by atoms with Crippen molar-refractivity contribution in [3.05, 3.63) is 0 Å². The van der Waals surface area contributed by atoms with Gasteiger partial charge < -0.3 is 24.5 Å². The minimum atomic E-state index is -0.917. The Bertz CT molecular complexity index is 512. The first kappa shape index (κ1) is 18.0. The Labute approximate surface area is 147 Å². The monoisotopic (exact) mass is 353 g/mol. The molecule has 25 heavy (non-hydrogen) atoms. The van der Waals surface area contributed by atoms with E-state index in [1.54, 1.807) is 4.90 Å². The molecule has 1 atom stereocenters. The van der Waals surface area contributed by atoms with Gasteiger partial charge in [0.2, 0.25) is 5.91 Å². The fourth-order valence-corrected chi connectivity index (χ4v) is 3.98. The Hall–Kier alpha value is -1.83. The summed E-state index contributed by atoms with van der Waals surface area (Å²) >= 11 is 0. The van der Waals surface area contributed by atoms with Gasteiger partial charge in [0.25, 0.3) is 0 Å². The smallest absolute Gasteiger partial charge is 0.319 e. The second kappa shape index (κ2) is 8.03. The highest BCUT2D eigenvalue weighted by atomic mass is 16.5. The van der Waals surface area contributed by atoms with E-state index in [0.29, 0.717) is 39.1 Å². The van der Waals surface area contributed by atoms with Gasteiger partial charge >= 0.3 is 12.0 Å². The first-order valence-corrected chi connectivity index (χ1v) is 9.20. The molecule has 8 nitrogen and oxygen atoms in total. The van der Waals surface area contributed by atoms with Crippen molar-refractivity contribution in [1.29, 1.82) is 0 Å². The maximum absolute atomic E-state index is 12.8. The molecule has 0 aliphatic carbocycles. The highest BCUT2D eigenvalue weighted by molar-refractivity contribution is 5.81. The van der Waals surface area contributed by atoms with Crippen LogP contribution in [0.4, 0.5) is 4.79 Å². The molecule has 3 rings (SSSR count). The van der Waals surface area contributed by atoms with Gasteiger partial charge in [-0.05, 0) is 25.7 Å². The van der Waals surface area contributed by atoms with Gasteiger partial charge in [0.1, 0.15) is 0 Å². The third-order valence-corrected chi connectivity index (χ3v) is 5.41. The number of likely N-dealkylation sites (tertiary alicyclic amines) is 2. The minimum absolute atomic E-state index is 0.0165. The number of carboxylic acids is 1. The van der Waals surface area contributed by atoms with E-state index < -0.39 is 5.97 Å². The lowest BCUT2D eigenvalue weighted by Gasteiger charge is -2.40. The SMILES string of the molecule is O=C(O)CC1COCCN1C(=O)C1CCN(C(=O)N2CCCC2)CC1. The van der Waals surface area contributed by atoms with E-state index in [2.05, 4.69) is 0 Å². The fourth-order valence-electron chi connectivity index (χ4n) is 3.98. The number of carbonyl (C=O) groups is 3. The number of hydrogen-bond acceptors (Lipinski definition) is 4. The molecule has 0 aromatic rings. The van der Waals surface area contributed by atoms with Crippen LogP contribution in [0.1, 0.15) is 32.1 Å². The van der Waals surface area contributed by atoms with Crippen LogP contribution in [0.3, 0.4) is 0 Å². The number of amides is 3. The molecule has 0 aromatic carbocycles. The number of nitrogens with zero attached hydrogens (tertiary/aromatic N) is 3. The Balaban J connectivity index is 1.53. The third-order valence-electron chi connectivity index (χ3n) is 5.41. The van der Waals surface area contributed by atoms with E-state index in [1.165, 1.54) is 0 Å². The normalized spacial score (nSPS) is 25.3. The maximum atomic E-state index is 12.8. The molecular weight excluding hydrogens is 326 g/mol. The van der Waals surface area contributed by atoms with Crippen LogP contribution in [0.5, 0.6) is 0 Å². The Morgan fingerprint density at radius 3 is 2.24 bits per heavy atom. The maximum Gasteiger partial charge on any atom is 0.319 e. The van der Waals surface area contributed by atoms with Gasteiger partial charge in [0.15, 0.2) is 0 Å². The quantitative estimate of drug-likeness (QED) is 0.803. The summed E-state index contributed by atoms with van der Waals surface area (Å²) in [6, 6.07) is -0.290. The van der Waals surface area contributed by atoms with Crippen molar-refractivity contribution in [2.24, 2.45) is 5.92 Å². The van der Waals surface area contributed by atoms with Crippen molar-refractivity contribution in [3.8, 4) is 0 Å². The topological polar surface area (TPSA) is 90.4 Å². The Morgan fingerprint density at radius 1 is 0.960 bits per heavy atom. The molecule has 0 aromatic heterocycles. The molecule has 3 fully saturated rings. The van der Waals surface area contributed by atoms with E-state index in [4.69, 9.17) is 9.84 Å². The molecule has 0 bridgehead atoms. The lowest BCUT2D eigenvalue weighted by Crippen LogP contribution is -2.53. The van der Waals surface area contributed by atoms with E-state index in [-0.39, 0.29) is 36.9 Å². The lowest BCUT2D eigenvalue weighted by atomic mass is 9.94. The molecule has 0 spiro atoms. The standard InChI is InChI=1S/C17H27N3O5/c21-15(22)11-14-12-25-10-9-20(14)16(23)13-3-7-19(8-4-13)17(24)18-5-1-2-6-18/h13-14H,1-12H2,(H,21,22). The number of carboxylic acid groups (broad SMARTS) is 1. The molecule has 1 N–H and O–H groups in total. The first-order chi connectivity index (χ1) is 12.1. The summed E-state index contributed by atoms with van der Waals surface area (Å²) in [5.41, 5.74) is 0. The predicted octanol–water partition coefficient (Wildman–Crippen LogP) is 0.616.